The Morgan fingerprint density at radius 2 is 1.92 bits per heavy atom. The number of aromatic nitrogens is 2. The summed E-state index contributed by atoms with van der Waals surface area (Å²) in [5.41, 5.74) is 1.97. The van der Waals surface area contributed by atoms with Crippen molar-refractivity contribution in [1.29, 1.82) is 0 Å². The second-order valence-electron chi connectivity index (χ2n) is 8.82. The molecule has 2 aromatic rings. The molecule has 0 aliphatic carbocycles. The molecule has 0 bridgehead atoms. The van der Waals surface area contributed by atoms with E-state index in [1.807, 2.05) is 20.8 Å². The molecule has 1 aliphatic rings. The van der Waals surface area contributed by atoms with E-state index >= 15 is 0 Å². The Morgan fingerprint density at radius 3 is 2.56 bits per heavy atom. The minimum absolute atomic E-state index is 0.0191. The minimum atomic E-state index is -3.52. The first kappa shape index (κ1) is 27.8. The summed E-state index contributed by atoms with van der Waals surface area (Å²) in [6.45, 7) is 9.96. The van der Waals surface area contributed by atoms with E-state index in [2.05, 4.69) is 20.6 Å². The number of rotatable bonds is 11. The van der Waals surface area contributed by atoms with Crippen LogP contribution in [0, 0.1) is 0 Å². The summed E-state index contributed by atoms with van der Waals surface area (Å²) in [7, 11) is -3.52. The highest BCUT2D eigenvalue weighted by Crippen LogP contribution is 2.29. The lowest BCUT2D eigenvalue weighted by Crippen LogP contribution is -2.50. The van der Waals surface area contributed by atoms with E-state index in [1.165, 1.54) is 4.31 Å². The molecule has 2 heterocycles. The molecule has 36 heavy (non-hydrogen) atoms. The highest BCUT2D eigenvalue weighted by Gasteiger charge is 2.30. The molecular formula is C25H37N5O5S. The Morgan fingerprint density at radius 1 is 1.19 bits per heavy atom. The standard InChI is InChI=1S/C25H37N5O5S/c1-5-14-35-22-9-8-18(15-20(22)23-28-21(7-3)19(6-2)25(32)29-23)24(31)27-16-17(4)36(33,34)30-12-10-26-11-13-30/h8-9,15,17,26H,5-7,10-14,16H2,1-4H3,(H,27,31)(H,28,29,32). The summed E-state index contributed by atoms with van der Waals surface area (Å²) in [5.74, 6) is 0.436. The molecule has 10 nitrogen and oxygen atoms in total. The average Bonchev–Trinajstić information content (AvgIpc) is 2.90. The summed E-state index contributed by atoms with van der Waals surface area (Å²) in [6, 6.07) is 4.93. The number of nitrogens with zero attached hydrogens (tertiary/aromatic N) is 2. The number of amides is 1. The molecule has 1 aromatic heterocycles. The van der Waals surface area contributed by atoms with Crippen molar-refractivity contribution in [3.05, 3.63) is 45.4 Å². The molecule has 0 radical (unpaired) electrons. The van der Waals surface area contributed by atoms with Gasteiger partial charge in [-0.25, -0.2) is 13.4 Å². The van der Waals surface area contributed by atoms with Crippen LogP contribution in [0.2, 0.25) is 0 Å². The van der Waals surface area contributed by atoms with Gasteiger partial charge in [-0.2, -0.15) is 4.31 Å². The second kappa shape index (κ2) is 12.5. The Bertz CT molecular complexity index is 1220. The SMILES string of the molecule is CCCOc1ccc(C(=O)NCC(C)S(=O)(=O)N2CCNCC2)cc1-c1nc(CC)c(CC)c(=O)[nH]1. The number of hydrogen-bond acceptors (Lipinski definition) is 7. The zero-order chi connectivity index (χ0) is 26.3. The number of piperazine rings is 1. The van der Waals surface area contributed by atoms with Crippen LogP contribution in [0.25, 0.3) is 11.4 Å². The van der Waals surface area contributed by atoms with E-state index in [1.54, 1.807) is 25.1 Å². The third-order valence-electron chi connectivity index (χ3n) is 6.24. The quantitative estimate of drug-likeness (QED) is 0.411. The summed E-state index contributed by atoms with van der Waals surface area (Å²) in [5, 5.41) is 5.12. The number of sulfonamides is 1. The van der Waals surface area contributed by atoms with Gasteiger partial charge in [-0.1, -0.05) is 20.8 Å². The predicted molar refractivity (Wildman–Crippen MR) is 140 cm³/mol. The Labute approximate surface area is 212 Å². The first-order valence-electron chi connectivity index (χ1n) is 12.6. The summed E-state index contributed by atoms with van der Waals surface area (Å²) in [6.07, 6.45) is 1.97. The highest BCUT2D eigenvalue weighted by atomic mass is 32.2. The lowest BCUT2D eigenvalue weighted by Gasteiger charge is -2.29. The fraction of sp³-hybridized carbons (Fsp3) is 0.560. The van der Waals surface area contributed by atoms with Crippen LogP contribution in [0.3, 0.4) is 0 Å². The molecule has 3 rings (SSSR count). The van der Waals surface area contributed by atoms with Crippen molar-refractivity contribution in [2.24, 2.45) is 0 Å². The molecule has 1 saturated heterocycles. The van der Waals surface area contributed by atoms with Crippen molar-refractivity contribution in [2.75, 3.05) is 39.3 Å². The average molecular weight is 520 g/mol. The topological polar surface area (TPSA) is 133 Å². The Hall–Kier alpha value is -2.76. The van der Waals surface area contributed by atoms with Crippen LogP contribution in [-0.2, 0) is 22.9 Å². The third kappa shape index (κ3) is 6.32. The lowest BCUT2D eigenvalue weighted by atomic mass is 10.1. The minimum Gasteiger partial charge on any atom is -0.493 e. The number of nitrogens with one attached hydrogen (secondary N) is 3. The van der Waals surface area contributed by atoms with Gasteiger partial charge in [0.05, 0.1) is 23.1 Å². The summed E-state index contributed by atoms with van der Waals surface area (Å²) >= 11 is 0. The molecule has 0 spiro atoms. The Balaban J connectivity index is 1.86. The summed E-state index contributed by atoms with van der Waals surface area (Å²) < 4.78 is 33.0. The van der Waals surface area contributed by atoms with Gasteiger partial charge in [-0.3, -0.25) is 9.59 Å². The monoisotopic (exact) mass is 519 g/mol. The van der Waals surface area contributed by atoms with Crippen molar-refractivity contribution < 1.29 is 17.9 Å². The van der Waals surface area contributed by atoms with E-state index in [-0.39, 0.29) is 12.1 Å². The predicted octanol–water partition coefficient (Wildman–Crippen LogP) is 1.70. The molecule has 0 saturated carbocycles. The molecule has 1 atom stereocenters. The van der Waals surface area contributed by atoms with Gasteiger partial charge in [0.15, 0.2) is 0 Å². The molecule has 1 fully saturated rings. The van der Waals surface area contributed by atoms with Crippen LogP contribution < -0.4 is 20.9 Å². The van der Waals surface area contributed by atoms with Crippen LogP contribution >= 0.6 is 0 Å². The third-order valence-corrected chi connectivity index (χ3v) is 8.51. The molecule has 1 amide bonds. The van der Waals surface area contributed by atoms with E-state index in [0.29, 0.717) is 79.6 Å². The fourth-order valence-electron chi connectivity index (χ4n) is 4.12. The van der Waals surface area contributed by atoms with Crippen molar-refractivity contribution in [2.45, 2.75) is 52.2 Å². The van der Waals surface area contributed by atoms with Crippen molar-refractivity contribution in [3.63, 3.8) is 0 Å². The van der Waals surface area contributed by atoms with Crippen LogP contribution in [-0.4, -0.2) is 73.2 Å². The number of H-pyrrole nitrogens is 1. The second-order valence-corrected chi connectivity index (χ2v) is 11.2. The first-order chi connectivity index (χ1) is 17.2. The van der Waals surface area contributed by atoms with Gasteiger partial charge in [0.2, 0.25) is 10.0 Å². The van der Waals surface area contributed by atoms with E-state index in [9.17, 15) is 18.0 Å². The van der Waals surface area contributed by atoms with Crippen LogP contribution in [0.1, 0.15) is 55.7 Å². The number of aromatic amines is 1. The van der Waals surface area contributed by atoms with Gasteiger partial charge >= 0.3 is 0 Å². The largest absolute Gasteiger partial charge is 0.493 e. The maximum absolute atomic E-state index is 13.0. The van der Waals surface area contributed by atoms with Gasteiger partial charge < -0.3 is 20.4 Å². The van der Waals surface area contributed by atoms with Crippen molar-refractivity contribution >= 4 is 15.9 Å². The van der Waals surface area contributed by atoms with E-state index in [4.69, 9.17) is 4.74 Å². The van der Waals surface area contributed by atoms with Gasteiger partial charge in [0.25, 0.3) is 11.5 Å². The number of benzene rings is 1. The zero-order valence-electron chi connectivity index (χ0n) is 21.5. The number of ether oxygens (including phenoxy) is 1. The highest BCUT2D eigenvalue weighted by molar-refractivity contribution is 7.89. The van der Waals surface area contributed by atoms with Gasteiger partial charge in [-0.05, 0) is 44.4 Å². The Kier molecular flexibility index (Phi) is 9.63. The number of carbonyl (C=O) groups is 1. The fourth-order valence-corrected chi connectivity index (χ4v) is 5.61. The van der Waals surface area contributed by atoms with Gasteiger partial charge in [0, 0.05) is 43.9 Å². The molecule has 1 aromatic carbocycles. The summed E-state index contributed by atoms with van der Waals surface area (Å²) in [4.78, 5) is 33.2. The molecule has 3 N–H and O–H groups in total. The van der Waals surface area contributed by atoms with Crippen LogP contribution in [0.5, 0.6) is 5.75 Å². The van der Waals surface area contributed by atoms with E-state index < -0.39 is 21.2 Å². The zero-order valence-corrected chi connectivity index (χ0v) is 22.3. The van der Waals surface area contributed by atoms with E-state index in [0.717, 1.165) is 6.42 Å². The molecule has 1 unspecified atom stereocenters. The van der Waals surface area contributed by atoms with Gasteiger partial charge in [0.1, 0.15) is 11.6 Å². The van der Waals surface area contributed by atoms with Crippen molar-refractivity contribution in [1.82, 2.24) is 24.9 Å². The van der Waals surface area contributed by atoms with Crippen LogP contribution in [0.4, 0.5) is 0 Å². The number of carbonyl (C=O) groups excluding carboxylic acids is 1. The maximum Gasteiger partial charge on any atom is 0.254 e. The molecule has 1 aliphatic heterocycles. The first-order valence-corrected chi connectivity index (χ1v) is 14.1. The normalized spacial score (nSPS) is 15.4. The van der Waals surface area contributed by atoms with Crippen LogP contribution in [0.15, 0.2) is 23.0 Å². The van der Waals surface area contributed by atoms with Crippen molar-refractivity contribution in [3.8, 4) is 17.1 Å². The van der Waals surface area contributed by atoms with Gasteiger partial charge in [-0.15, -0.1) is 0 Å². The number of hydrogen-bond donors (Lipinski definition) is 3. The number of aryl methyl sites for hydroxylation is 1. The smallest absolute Gasteiger partial charge is 0.254 e. The molecular weight excluding hydrogens is 482 g/mol. The maximum atomic E-state index is 13.0. The molecule has 198 valence electrons. The lowest BCUT2D eigenvalue weighted by molar-refractivity contribution is 0.0954. The molecule has 11 heteroatoms.